The van der Waals surface area contributed by atoms with Crippen LogP contribution in [0, 0.1) is 0 Å². The van der Waals surface area contributed by atoms with Crippen LogP contribution in [0.25, 0.3) is 0 Å². The van der Waals surface area contributed by atoms with E-state index in [-0.39, 0.29) is 36.8 Å². The maximum atomic E-state index is 12.2. The van der Waals surface area contributed by atoms with Crippen LogP contribution in [0.4, 0.5) is 5.82 Å². The Hall–Kier alpha value is -1.48. The van der Waals surface area contributed by atoms with E-state index in [4.69, 9.17) is 5.73 Å². The molecule has 1 unspecified atom stereocenters. The number of rotatable bonds is 6. The van der Waals surface area contributed by atoms with Crippen LogP contribution in [0.15, 0.2) is 23.7 Å². The van der Waals surface area contributed by atoms with Crippen molar-refractivity contribution in [2.24, 2.45) is 5.73 Å². The molecule has 0 bridgehead atoms. The van der Waals surface area contributed by atoms with Gasteiger partial charge in [0.25, 0.3) is 5.91 Å². The summed E-state index contributed by atoms with van der Waals surface area (Å²) in [5.74, 6) is 0.735. The number of aromatic nitrogens is 3. The Morgan fingerprint density at radius 1 is 1.44 bits per heavy atom. The van der Waals surface area contributed by atoms with Crippen LogP contribution >= 0.6 is 36.2 Å². The SMILES string of the molecule is Cl.Cl.NCCc1nc(C(=O)NCC2CCCN2c2cccnn2)cs1. The molecule has 1 atom stereocenters. The van der Waals surface area contributed by atoms with Crippen LogP contribution in [0.5, 0.6) is 0 Å². The number of thiazole rings is 1. The molecule has 2 aromatic heterocycles. The third-order valence-corrected chi connectivity index (χ3v) is 4.78. The highest BCUT2D eigenvalue weighted by molar-refractivity contribution is 7.09. The standard InChI is InChI=1S/C15H20N6OS.2ClH/c16-6-5-14-19-12(10-23-14)15(22)17-9-11-3-2-8-21(11)13-4-1-7-18-20-13;;/h1,4,7,10-11H,2-3,5-6,8-9,16H2,(H,17,22);2*1H. The number of nitrogens with one attached hydrogen (secondary N) is 1. The number of carbonyl (C=O) groups is 1. The number of amides is 1. The van der Waals surface area contributed by atoms with E-state index in [1.165, 1.54) is 11.3 Å². The summed E-state index contributed by atoms with van der Waals surface area (Å²) < 4.78 is 0. The van der Waals surface area contributed by atoms with Gasteiger partial charge < -0.3 is 16.0 Å². The molecule has 138 valence electrons. The Balaban J connectivity index is 0.00000156. The molecule has 0 radical (unpaired) electrons. The van der Waals surface area contributed by atoms with Crippen LogP contribution in [-0.4, -0.2) is 46.8 Å². The second kappa shape index (κ2) is 10.5. The van der Waals surface area contributed by atoms with Gasteiger partial charge in [-0.25, -0.2) is 4.98 Å². The lowest BCUT2D eigenvalue weighted by Gasteiger charge is -2.25. The summed E-state index contributed by atoms with van der Waals surface area (Å²) >= 11 is 1.48. The summed E-state index contributed by atoms with van der Waals surface area (Å²) in [7, 11) is 0. The van der Waals surface area contributed by atoms with Crippen molar-refractivity contribution in [1.29, 1.82) is 0 Å². The summed E-state index contributed by atoms with van der Waals surface area (Å²) in [6.45, 7) is 2.07. The fourth-order valence-electron chi connectivity index (χ4n) is 2.75. The molecule has 25 heavy (non-hydrogen) atoms. The van der Waals surface area contributed by atoms with E-state index in [1.807, 2.05) is 12.1 Å². The van der Waals surface area contributed by atoms with Crippen molar-refractivity contribution in [3.8, 4) is 0 Å². The molecule has 1 saturated heterocycles. The number of nitrogens with zero attached hydrogens (tertiary/aromatic N) is 4. The van der Waals surface area contributed by atoms with Crippen LogP contribution in [0.1, 0.15) is 28.3 Å². The zero-order valence-corrected chi connectivity index (χ0v) is 16.1. The summed E-state index contributed by atoms with van der Waals surface area (Å²) in [5.41, 5.74) is 5.98. The maximum absolute atomic E-state index is 12.2. The van der Waals surface area contributed by atoms with E-state index in [2.05, 4.69) is 25.4 Å². The van der Waals surface area contributed by atoms with E-state index in [0.717, 1.165) is 30.2 Å². The number of hydrogen-bond donors (Lipinski definition) is 2. The molecule has 3 rings (SSSR count). The quantitative estimate of drug-likeness (QED) is 0.759. The minimum Gasteiger partial charge on any atom is -0.350 e. The van der Waals surface area contributed by atoms with E-state index in [0.29, 0.717) is 25.2 Å². The molecule has 3 heterocycles. The van der Waals surface area contributed by atoms with Crippen LogP contribution in [0.3, 0.4) is 0 Å². The maximum Gasteiger partial charge on any atom is 0.270 e. The first kappa shape index (κ1) is 21.6. The molecule has 0 aliphatic carbocycles. The molecular weight excluding hydrogens is 383 g/mol. The zero-order valence-electron chi connectivity index (χ0n) is 13.6. The van der Waals surface area contributed by atoms with Gasteiger partial charge in [-0.1, -0.05) is 0 Å². The van der Waals surface area contributed by atoms with Crippen LogP contribution in [0.2, 0.25) is 0 Å². The Bertz CT molecular complexity index is 656. The highest BCUT2D eigenvalue weighted by Gasteiger charge is 2.26. The highest BCUT2D eigenvalue weighted by Crippen LogP contribution is 2.22. The number of anilines is 1. The number of halogens is 2. The van der Waals surface area contributed by atoms with Crippen molar-refractivity contribution in [1.82, 2.24) is 20.5 Å². The third-order valence-electron chi connectivity index (χ3n) is 3.87. The minimum absolute atomic E-state index is 0. The zero-order chi connectivity index (χ0) is 16.1. The smallest absolute Gasteiger partial charge is 0.270 e. The number of nitrogens with two attached hydrogens (primary N) is 1. The van der Waals surface area contributed by atoms with Crippen molar-refractivity contribution in [3.63, 3.8) is 0 Å². The summed E-state index contributed by atoms with van der Waals surface area (Å²) in [6, 6.07) is 4.08. The first-order chi connectivity index (χ1) is 11.3. The van der Waals surface area contributed by atoms with Gasteiger partial charge in [-0.15, -0.1) is 41.2 Å². The average Bonchev–Trinajstić information content (AvgIpc) is 3.23. The molecular formula is C15H22Cl2N6OS. The topological polar surface area (TPSA) is 97.0 Å². The summed E-state index contributed by atoms with van der Waals surface area (Å²) in [4.78, 5) is 18.7. The Labute approximate surface area is 163 Å². The minimum atomic E-state index is -0.129. The predicted molar refractivity (Wildman–Crippen MR) is 104 cm³/mol. The number of hydrogen-bond acceptors (Lipinski definition) is 7. The Kier molecular flexibility index (Phi) is 9.05. The monoisotopic (exact) mass is 404 g/mol. The number of carbonyl (C=O) groups excluding carboxylic acids is 1. The normalized spacial score (nSPS) is 16.0. The van der Waals surface area contributed by atoms with Crippen molar-refractivity contribution >= 4 is 47.9 Å². The lowest BCUT2D eigenvalue weighted by molar-refractivity contribution is 0.0947. The largest absolute Gasteiger partial charge is 0.350 e. The molecule has 0 aromatic carbocycles. The lowest BCUT2D eigenvalue weighted by atomic mass is 10.2. The van der Waals surface area contributed by atoms with Crippen molar-refractivity contribution in [2.75, 3.05) is 24.5 Å². The van der Waals surface area contributed by atoms with Gasteiger partial charge in [0.05, 0.1) is 5.01 Å². The van der Waals surface area contributed by atoms with E-state index < -0.39 is 0 Å². The van der Waals surface area contributed by atoms with Gasteiger partial charge in [-0.2, -0.15) is 5.10 Å². The van der Waals surface area contributed by atoms with Gasteiger partial charge in [0.1, 0.15) is 5.69 Å². The molecule has 1 fully saturated rings. The average molecular weight is 405 g/mol. The van der Waals surface area contributed by atoms with Crippen molar-refractivity contribution < 1.29 is 4.79 Å². The first-order valence-electron chi connectivity index (χ1n) is 7.75. The highest BCUT2D eigenvalue weighted by atomic mass is 35.5. The molecule has 1 amide bonds. The summed E-state index contributed by atoms with van der Waals surface area (Å²) in [5, 5.41) is 13.8. The van der Waals surface area contributed by atoms with E-state index in [9.17, 15) is 4.79 Å². The predicted octanol–water partition coefficient (Wildman–Crippen LogP) is 1.68. The van der Waals surface area contributed by atoms with Gasteiger partial charge in [-0.3, -0.25) is 4.79 Å². The molecule has 1 aliphatic heterocycles. The van der Waals surface area contributed by atoms with Gasteiger partial charge in [0.2, 0.25) is 0 Å². The third kappa shape index (κ3) is 5.50. The lowest BCUT2D eigenvalue weighted by Crippen LogP contribution is -2.40. The first-order valence-corrected chi connectivity index (χ1v) is 8.63. The molecule has 7 nitrogen and oxygen atoms in total. The Morgan fingerprint density at radius 2 is 2.28 bits per heavy atom. The molecule has 0 saturated carbocycles. The van der Waals surface area contributed by atoms with Gasteiger partial charge in [-0.05, 0) is 31.5 Å². The van der Waals surface area contributed by atoms with Gasteiger partial charge in [0, 0.05) is 37.1 Å². The van der Waals surface area contributed by atoms with Gasteiger partial charge >= 0.3 is 0 Å². The van der Waals surface area contributed by atoms with Crippen LogP contribution in [-0.2, 0) is 6.42 Å². The molecule has 3 N–H and O–H groups in total. The molecule has 10 heteroatoms. The van der Waals surface area contributed by atoms with Crippen LogP contribution < -0.4 is 16.0 Å². The van der Waals surface area contributed by atoms with Crippen molar-refractivity contribution in [2.45, 2.75) is 25.3 Å². The molecule has 0 spiro atoms. The van der Waals surface area contributed by atoms with Crippen molar-refractivity contribution in [3.05, 3.63) is 34.4 Å². The molecule has 1 aliphatic rings. The Morgan fingerprint density at radius 3 is 3.00 bits per heavy atom. The van der Waals surface area contributed by atoms with E-state index in [1.54, 1.807) is 11.6 Å². The second-order valence-corrected chi connectivity index (χ2v) is 6.39. The van der Waals surface area contributed by atoms with E-state index >= 15 is 0 Å². The summed E-state index contributed by atoms with van der Waals surface area (Å²) in [6.07, 6.45) is 4.50. The second-order valence-electron chi connectivity index (χ2n) is 5.45. The fraction of sp³-hybridized carbons (Fsp3) is 0.467. The fourth-order valence-corrected chi connectivity index (χ4v) is 3.54. The molecule has 2 aromatic rings. The van der Waals surface area contributed by atoms with Gasteiger partial charge in [0.15, 0.2) is 5.82 Å².